The van der Waals surface area contributed by atoms with Gasteiger partial charge in [-0.25, -0.2) is 0 Å². The first-order valence-electron chi connectivity index (χ1n) is 8.39. The Morgan fingerprint density at radius 3 is 2.21 bits per heavy atom. The molecule has 0 atom stereocenters. The van der Waals surface area contributed by atoms with Crippen molar-refractivity contribution < 1.29 is 9.47 Å². The van der Waals surface area contributed by atoms with Gasteiger partial charge in [-0.05, 0) is 48.0 Å². The van der Waals surface area contributed by atoms with Gasteiger partial charge in [-0.1, -0.05) is 62.9 Å². The lowest BCUT2D eigenvalue weighted by Gasteiger charge is -2.18. The first kappa shape index (κ1) is 21.1. The second-order valence-electron chi connectivity index (χ2n) is 5.98. The lowest BCUT2D eigenvalue weighted by molar-refractivity contribution is 0.281. The number of ether oxygens (including phenoxy) is 2. The highest BCUT2D eigenvalue weighted by molar-refractivity contribution is 9.10. The standard InChI is InChI=1S/C21H17BrCl3NO2/c1-27-20-7-6-19(22)18(11-26-17-9-15(24)8-16(25)10-17)21(20)28-12-13-2-4-14(23)5-3-13/h2-10,26H,11-12H2,1H3. The van der Waals surface area contributed by atoms with Crippen LogP contribution in [0, 0.1) is 0 Å². The van der Waals surface area contributed by atoms with Crippen LogP contribution < -0.4 is 14.8 Å². The molecule has 0 amide bonds. The predicted molar refractivity (Wildman–Crippen MR) is 120 cm³/mol. The predicted octanol–water partition coefficient (Wildman–Crippen LogP) is 7.61. The summed E-state index contributed by atoms with van der Waals surface area (Å²) in [6, 6.07) is 16.6. The summed E-state index contributed by atoms with van der Waals surface area (Å²) in [5.74, 6) is 1.31. The van der Waals surface area contributed by atoms with E-state index in [2.05, 4.69) is 21.2 Å². The fourth-order valence-corrected chi connectivity index (χ4v) is 3.75. The number of halogens is 4. The number of benzene rings is 3. The highest BCUT2D eigenvalue weighted by atomic mass is 79.9. The van der Waals surface area contributed by atoms with Crippen molar-refractivity contribution in [2.75, 3.05) is 12.4 Å². The van der Waals surface area contributed by atoms with Crippen LogP contribution in [0.15, 0.2) is 59.1 Å². The molecule has 0 unspecified atom stereocenters. The molecule has 0 radical (unpaired) electrons. The first-order valence-corrected chi connectivity index (χ1v) is 10.3. The molecule has 1 N–H and O–H groups in total. The summed E-state index contributed by atoms with van der Waals surface area (Å²) in [6.07, 6.45) is 0. The average Bonchev–Trinajstić information content (AvgIpc) is 2.66. The van der Waals surface area contributed by atoms with Crippen LogP contribution in [0.4, 0.5) is 5.69 Å². The Bertz CT molecular complexity index is 944. The summed E-state index contributed by atoms with van der Waals surface area (Å²) in [5, 5.41) is 5.15. The van der Waals surface area contributed by atoms with Gasteiger partial charge in [0.2, 0.25) is 0 Å². The zero-order chi connectivity index (χ0) is 20.1. The lowest BCUT2D eigenvalue weighted by Crippen LogP contribution is -2.06. The zero-order valence-electron chi connectivity index (χ0n) is 14.9. The lowest BCUT2D eigenvalue weighted by atomic mass is 10.1. The van der Waals surface area contributed by atoms with E-state index in [-0.39, 0.29) is 0 Å². The highest BCUT2D eigenvalue weighted by Crippen LogP contribution is 2.37. The van der Waals surface area contributed by atoms with Crippen LogP contribution in [0.3, 0.4) is 0 Å². The van der Waals surface area contributed by atoms with E-state index in [1.807, 2.05) is 48.5 Å². The number of hydrogen-bond acceptors (Lipinski definition) is 3. The molecule has 0 heterocycles. The Balaban J connectivity index is 1.83. The van der Waals surface area contributed by atoms with Crippen molar-refractivity contribution >= 4 is 56.4 Å². The Labute approximate surface area is 187 Å². The number of nitrogens with one attached hydrogen (secondary N) is 1. The van der Waals surface area contributed by atoms with E-state index < -0.39 is 0 Å². The van der Waals surface area contributed by atoms with E-state index >= 15 is 0 Å². The second-order valence-corrected chi connectivity index (χ2v) is 8.15. The quantitative estimate of drug-likeness (QED) is 0.361. The molecule has 3 rings (SSSR count). The third-order valence-electron chi connectivity index (χ3n) is 4.02. The van der Waals surface area contributed by atoms with Gasteiger partial charge in [0.15, 0.2) is 11.5 Å². The van der Waals surface area contributed by atoms with Crippen LogP contribution in [-0.2, 0) is 13.2 Å². The molecule has 0 aliphatic rings. The molecule has 28 heavy (non-hydrogen) atoms. The van der Waals surface area contributed by atoms with Crippen LogP contribution in [-0.4, -0.2) is 7.11 Å². The van der Waals surface area contributed by atoms with Crippen molar-refractivity contribution in [1.82, 2.24) is 0 Å². The van der Waals surface area contributed by atoms with Crippen molar-refractivity contribution in [2.24, 2.45) is 0 Å². The van der Waals surface area contributed by atoms with E-state index in [0.29, 0.717) is 39.7 Å². The highest BCUT2D eigenvalue weighted by Gasteiger charge is 2.15. The maximum Gasteiger partial charge on any atom is 0.167 e. The Kier molecular flexibility index (Phi) is 7.36. The van der Waals surface area contributed by atoms with Gasteiger partial charge in [-0.2, -0.15) is 0 Å². The fraction of sp³-hybridized carbons (Fsp3) is 0.143. The minimum Gasteiger partial charge on any atom is -0.493 e. The van der Waals surface area contributed by atoms with E-state index in [4.69, 9.17) is 44.3 Å². The molecule has 0 aromatic heterocycles. The molecule has 0 bridgehead atoms. The molecule has 0 aliphatic heterocycles. The van der Waals surface area contributed by atoms with Crippen LogP contribution in [0.25, 0.3) is 0 Å². The molecule has 0 aliphatic carbocycles. The third-order valence-corrected chi connectivity index (χ3v) is 5.45. The Morgan fingerprint density at radius 2 is 1.57 bits per heavy atom. The molecule has 146 valence electrons. The maximum atomic E-state index is 6.11. The monoisotopic (exact) mass is 499 g/mol. The largest absolute Gasteiger partial charge is 0.493 e. The maximum absolute atomic E-state index is 6.11. The third kappa shape index (κ3) is 5.48. The van der Waals surface area contributed by atoms with Crippen LogP contribution in [0.2, 0.25) is 15.1 Å². The van der Waals surface area contributed by atoms with Crippen molar-refractivity contribution in [3.05, 3.63) is 85.3 Å². The summed E-state index contributed by atoms with van der Waals surface area (Å²) in [5.41, 5.74) is 2.74. The van der Waals surface area contributed by atoms with E-state index in [0.717, 1.165) is 21.3 Å². The molecular weight excluding hydrogens is 484 g/mol. The Hall–Kier alpha value is -1.59. The van der Waals surface area contributed by atoms with Crippen LogP contribution >= 0.6 is 50.7 Å². The average molecular weight is 502 g/mol. The van der Waals surface area contributed by atoms with Gasteiger partial charge in [0, 0.05) is 37.3 Å². The van der Waals surface area contributed by atoms with Gasteiger partial charge in [0.1, 0.15) is 6.61 Å². The number of rotatable bonds is 7. The van der Waals surface area contributed by atoms with Crippen molar-refractivity contribution in [3.8, 4) is 11.5 Å². The van der Waals surface area contributed by atoms with E-state index in [1.165, 1.54) is 0 Å². The van der Waals surface area contributed by atoms with E-state index in [1.54, 1.807) is 13.2 Å². The smallest absolute Gasteiger partial charge is 0.167 e. The van der Waals surface area contributed by atoms with Crippen molar-refractivity contribution in [2.45, 2.75) is 13.2 Å². The molecule has 0 saturated carbocycles. The fourth-order valence-electron chi connectivity index (χ4n) is 2.65. The van der Waals surface area contributed by atoms with E-state index in [9.17, 15) is 0 Å². The molecule has 3 aromatic rings. The van der Waals surface area contributed by atoms with Gasteiger partial charge < -0.3 is 14.8 Å². The summed E-state index contributed by atoms with van der Waals surface area (Å²) in [7, 11) is 1.62. The number of hydrogen-bond donors (Lipinski definition) is 1. The van der Waals surface area contributed by atoms with Crippen molar-refractivity contribution in [3.63, 3.8) is 0 Å². The Morgan fingerprint density at radius 1 is 0.893 bits per heavy atom. The summed E-state index contributed by atoms with van der Waals surface area (Å²) >= 11 is 21.7. The normalized spacial score (nSPS) is 10.6. The van der Waals surface area contributed by atoms with Gasteiger partial charge in [0.05, 0.1) is 7.11 Å². The number of methoxy groups -OCH3 is 1. The topological polar surface area (TPSA) is 30.5 Å². The van der Waals surface area contributed by atoms with Crippen molar-refractivity contribution in [1.29, 1.82) is 0 Å². The van der Waals surface area contributed by atoms with Gasteiger partial charge in [-0.15, -0.1) is 0 Å². The molecular formula is C21H17BrCl3NO2. The SMILES string of the molecule is COc1ccc(Br)c(CNc2cc(Cl)cc(Cl)c2)c1OCc1ccc(Cl)cc1. The van der Waals surface area contributed by atoms with Crippen LogP contribution in [0.5, 0.6) is 11.5 Å². The second kappa shape index (κ2) is 9.75. The summed E-state index contributed by atoms with van der Waals surface area (Å²) < 4.78 is 12.5. The van der Waals surface area contributed by atoms with Gasteiger partial charge in [0.25, 0.3) is 0 Å². The molecule has 3 nitrogen and oxygen atoms in total. The zero-order valence-corrected chi connectivity index (χ0v) is 18.8. The molecule has 0 fully saturated rings. The summed E-state index contributed by atoms with van der Waals surface area (Å²) in [4.78, 5) is 0. The molecule has 0 spiro atoms. The minimum absolute atomic E-state index is 0.389. The van der Waals surface area contributed by atoms with Gasteiger partial charge >= 0.3 is 0 Å². The van der Waals surface area contributed by atoms with Crippen LogP contribution in [0.1, 0.15) is 11.1 Å². The van der Waals surface area contributed by atoms with Gasteiger partial charge in [-0.3, -0.25) is 0 Å². The summed E-state index contributed by atoms with van der Waals surface area (Å²) in [6.45, 7) is 0.879. The minimum atomic E-state index is 0.389. The molecule has 3 aromatic carbocycles. The molecule has 7 heteroatoms. The number of anilines is 1. The first-order chi connectivity index (χ1) is 13.5. The molecule has 0 saturated heterocycles.